The van der Waals surface area contributed by atoms with E-state index in [0.29, 0.717) is 11.3 Å². The molecular weight excluding hydrogens is 352 g/mol. The standard InChI is InChI=1S/C23H22N2O3/c1-14-9-11-16(12-10-14)25-22(27)18-17-8-5-13-24(17)20(19(18)23(25)28)21(26)15-6-3-2-4-7-15/h2-4,6-7,9-12,17-20H,5,8,13H2,1H3/t17-,18-,19-,20+/m0/s1. The second-order valence-corrected chi connectivity index (χ2v) is 8.02. The van der Waals surface area contributed by atoms with Crippen molar-refractivity contribution in [2.75, 3.05) is 11.4 Å². The highest BCUT2D eigenvalue weighted by Crippen LogP contribution is 2.48. The molecule has 142 valence electrons. The predicted octanol–water partition coefficient (Wildman–Crippen LogP) is 2.83. The van der Waals surface area contributed by atoms with Crippen molar-refractivity contribution in [1.29, 1.82) is 0 Å². The first-order chi connectivity index (χ1) is 13.6. The molecule has 2 aromatic rings. The second kappa shape index (κ2) is 6.38. The number of amides is 2. The van der Waals surface area contributed by atoms with Crippen LogP contribution in [0.5, 0.6) is 0 Å². The molecule has 3 aliphatic heterocycles. The summed E-state index contributed by atoms with van der Waals surface area (Å²) in [5.74, 6) is -1.45. The molecule has 0 aliphatic carbocycles. The fourth-order valence-electron chi connectivity index (χ4n) is 5.24. The fraction of sp³-hybridized carbons (Fsp3) is 0.348. The molecule has 0 N–H and O–H groups in total. The summed E-state index contributed by atoms with van der Waals surface area (Å²) in [5.41, 5.74) is 2.28. The number of hydrogen-bond donors (Lipinski definition) is 0. The van der Waals surface area contributed by atoms with E-state index in [-0.39, 0.29) is 23.6 Å². The van der Waals surface area contributed by atoms with Gasteiger partial charge in [0.05, 0.1) is 23.6 Å². The number of nitrogens with zero attached hydrogens (tertiary/aromatic N) is 2. The van der Waals surface area contributed by atoms with Gasteiger partial charge in [-0.15, -0.1) is 0 Å². The van der Waals surface area contributed by atoms with Crippen LogP contribution in [0, 0.1) is 18.8 Å². The van der Waals surface area contributed by atoms with Gasteiger partial charge in [0.1, 0.15) is 0 Å². The van der Waals surface area contributed by atoms with Gasteiger partial charge in [-0.25, -0.2) is 4.90 Å². The lowest BCUT2D eigenvalue weighted by molar-refractivity contribution is -0.123. The molecule has 3 aliphatic rings. The van der Waals surface area contributed by atoms with Gasteiger partial charge in [0.15, 0.2) is 5.78 Å². The number of rotatable bonds is 3. The zero-order chi connectivity index (χ0) is 19.4. The average molecular weight is 374 g/mol. The van der Waals surface area contributed by atoms with E-state index >= 15 is 0 Å². The fourth-order valence-corrected chi connectivity index (χ4v) is 5.24. The summed E-state index contributed by atoms with van der Waals surface area (Å²) in [7, 11) is 0. The van der Waals surface area contributed by atoms with Crippen molar-refractivity contribution in [3.05, 3.63) is 65.7 Å². The van der Waals surface area contributed by atoms with Gasteiger partial charge in [-0.1, -0.05) is 48.0 Å². The molecule has 5 nitrogen and oxygen atoms in total. The summed E-state index contributed by atoms with van der Waals surface area (Å²) in [6.45, 7) is 2.74. The Morgan fingerprint density at radius 1 is 0.929 bits per heavy atom. The van der Waals surface area contributed by atoms with Crippen LogP contribution in [-0.2, 0) is 9.59 Å². The van der Waals surface area contributed by atoms with Crippen molar-refractivity contribution in [3.8, 4) is 0 Å². The maximum Gasteiger partial charge on any atom is 0.239 e. The smallest absolute Gasteiger partial charge is 0.239 e. The van der Waals surface area contributed by atoms with E-state index in [2.05, 4.69) is 4.90 Å². The van der Waals surface area contributed by atoms with Crippen molar-refractivity contribution in [3.63, 3.8) is 0 Å². The number of Topliss-reactive ketones (excluding diaryl/α,β-unsaturated/α-hetero) is 1. The predicted molar refractivity (Wildman–Crippen MR) is 105 cm³/mol. The van der Waals surface area contributed by atoms with E-state index in [4.69, 9.17) is 0 Å². The molecule has 0 aromatic heterocycles. The van der Waals surface area contributed by atoms with Crippen LogP contribution in [0.15, 0.2) is 54.6 Å². The van der Waals surface area contributed by atoms with E-state index in [1.165, 1.54) is 4.90 Å². The van der Waals surface area contributed by atoms with Crippen molar-refractivity contribution in [2.45, 2.75) is 31.8 Å². The molecule has 0 spiro atoms. The maximum absolute atomic E-state index is 13.4. The Labute approximate surface area is 163 Å². The lowest BCUT2D eigenvalue weighted by Gasteiger charge is -2.27. The number of carbonyl (C=O) groups excluding carboxylic acids is 3. The summed E-state index contributed by atoms with van der Waals surface area (Å²) in [6.07, 6.45) is 1.82. The molecule has 5 heteroatoms. The van der Waals surface area contributed by atoms with E-state index in [9.17, 15) is 14.4 Å². The second-order valence-electron chi connectivity index (χ2n) is 8.02. The summed E-state index contributed by atoms with van der Waals surface area (Å²) >= 11 is 0. The summed E-state index contributed by atoms with van der Waals surface area (Å²) in [6, 6.07) is 16.0. The number of aryl methyl sites for hydroxylation is 1. The van der Waals surface area contributed by atoms with Gasteiger partial charge in [0.25, 0.3) is 0 Å². The Balaban J connectivity index is 1.55. The Bertz CT molecular complexity index is 954. The van der Waals surface area contributed by atoms with Crippen LogP contribution in [0.1, 0.15) is 28.8 Å². The Kier molecular flexibility index (Phi) is 3.95. The highest BCUT2D eigenvalue weighted by Gasteiger charge is 2.64. The van der Waals surface area contributed by atoms with Gasteiger partial charge in [-0.2, -0.15) is 0 Å². The first-order valence-corrected chi connectivity index (χ1v) is 9.87. The van der Waals surface area contributed by atoms with Crippen molar-refractivity contribution in [2.24, 2.45) is 11.8 Å². The van der Waals surface area contributed by atoms with Crippen LogP contribution in [0.4, 0.5) is 5.69 Å². The van der Waals surface area contributed by atoms with Gasteiger partial charge in [0.2, 0.25) is 11.8 Å². The van der Waals surface area contributed by atoms with E-state index in [1.54, 1.807) is 12.1 Å². The third-order valence-corrected chi connectivity index (χ3v) is 6.47. The molecule has 0 unspecified atom stereocenters. The molecule has 4 atom stereocenters. The van der Waals surface area contributed by atoms with Gasteiger partial charge < -0.3 is 0 Å². The van der Waals surface area contributed by atoms with Crippen LogP contribution in [0.2, 0.25) is 0 Å². The molecule has 0 radical (unpaired) electrons. The molecular formula is C23H22N2O3. The van der Waals surface area contributed by atoms with E-state index in [1.807, 2.05) is 49.4 Å². The molecule has 2 aromatic carbocycles. The topological polar surface area (TPSA) is 57.7 Å². The third-order valence-electron chi connectivity index (χ3n) is 6.47. The van der Waals surface area contributed by atoms with Crippen molar-refractivity contribution in [1.82, 2.24) is 4.90 Å². The minimum absolute atomic E-state index is 0.0189. The maximum atomic E-state index is 13.4. The Morgan fingerprint density at radius 3 is 2.32 bits per heavy atom. The van der Waals surface area contributed by atoms with Gasteiger partial charge in [-0.3, -0.25) is 19.3 Å². The average Bonchev–Trinajstić information content (AvgIpc) is 3.35. The summed E-state index contributed by atoms with van der Waals surface area (Å²) < 4.78 is 0. The molecule has 0 bridgehead atoms. The monoisotopic (exact) mass is 374 g/mol. The molecule has 3 heterocycles. The number of carbonyl (C=O) groups is 3. The Hall–Kier alpha value is -2.79. The van der Waals surface area contributed by atoms with Crippen LogP contribution < -0.4 is 4.90 Å². The highest BCUT2D eigenvalue weighted by atomic mass is 16.2. The zero-order valence-electron chi connectivity index (χ0n) is 15.7. The number of hydrogen-bond acceptors (Lipinski definition) is 4. The zero-order valence-corrected chi connectivity index (χ0v) is 15.7. The lowest BCUT2D eigenvalue weighted by atomic mass is 9.85. The molecule has 5 rings (SSSR count). The SMILES string of the molecule is Cc1ccc(N2C(=O)[C@@H]3[C@H](C2=O)[C@H](C(=O)c2ccccc2)N2CCC[C@@H]32)cc1. The van der Waals surface area contributed by atoms with Crippen LogP contribution in [0.3, 0.4) is 0 Å². The number of anilines is 1. The molecule has 3 fully saturated rings. The van der Waals surface area contributed by atoms with E-state index in [0.717, 1.165) is 24.9 Å². The van der Waals surface area contributed by atoms with Gasteiger partial charge in [-0.05, 0) is 38.4 Å². The quantitative estimate of drug-likeness (QED) is 0.612. The Morgan fingerprint density at radius 2 is 1.61 bits per heavy atom. The lowest BCUT2D eigenvalue weighted by Crippen LogP contribution is -2.46. The van der Waals surface area contributed by atoms with Crippen LogP contribution >= 0.6 is 0 Å². The van der Waals surface area contributed by atoms with Crippen molar-refractivity contribution < 1.29 is 14.4 Å². The third kappa shape index (κ3) is 2.39. The molecule has 3 saturated heterocycles. The minimum atomic E-state index is -0.591. The molecule has 2 amide bonds. The number of fused-ring (bicyclic) bond motifs is 3. The first-order valence-electron chi connectivity index (χ1n) is 9.87. The number of benzene rings is 2. The first kappa shape index (κ1) is 17.3. The van der Waals surface area contributed by atoms with Gasteiger partial charge in [0, 0.05) is 11.6 Å². The largest absolute Gasteiger partial charge is 0.292 e. The van der Waals surface area contributed by atoms with E-state index < -0.39 is 17.9 Å². The van der Waals surface area contributed by atoms with Crippen molar-refractivity contribution >= 4 is 23.3 Å². The number of ketones is 1. The minimum Gasteiger partial charge on any atom is -0.292 e. The number of imide groups is 1. The van der Waals surface area contributed by atoms with Crippen LogP contribution in [-0.4, -0.2) is 41.1 Å². The highest BCUT2D eigenvalue weighted by molar-refractivity contribution is 6.24. The normalized spacial score (nSPS) is 29.2. The van der Waals surface area contributed by atoms with Gasteiger partial charge >= 0.3 is 0 Å². The summed E-state index contributed by atoms with van der Waals surface area (Å²) in [4.78, 5) is 43.5. The van der Waals surface area contributed by atoms with Crippen LogP contribution in [0.25, 0.3) is 0 Å². The molecule has 28 heavy (non-hydrogen) atoms. The molecule has 0 saturated carbocycles. The summed E-state index contributed by atoms with van der Waals surface area (Å²) in [5, 5.41) is 0.